The van der Waals surface area contributed by atoms with E-state index in [2.05, 4.69) is 14.9 Å². The molecule has 0 aliphatic carbocycles. The number of imidazole rings is 1. The lowest BCUT2D eigenvalue weighted by Gasteiger charge is -2.34. The maximum Gasteiger partial charge on any atom is 0.271 e. The van der Waals surface area contributed by atoms with Crippen molar-refractivity contribution in [2.45, 2.75) is 25.8 Å². The largest absolute Gasteiger partial charge is 0.341 e. The lowest BCUT2D eigenvalue weighted by molar-refractivity contribution is 0.0767. The molecule has 2 saturated heterocycles. The Morgan fingerprint density at radius 2 is 1.93 bits per heavy atom. The molecule has 2 aliphatic heterocycles. The second kappa shape index (κ2) is 7.76. The van der Waals surface area contributed by atoms with Crippen molar-refractivity contribution in [3.05, 3.63) is 53.6 Å². The van der Waals surface area contributed by atoms with E-state index in [1.165, 1.54) is 6.33 Å². The third kappa shape index (κ3) is 3.88. The number of H-pyrrole nitrogens is 1. The van der Waals surface area contributed by atoms with E-state index in [-0.39, 0.29) is 5.91 Å². The zero-order valence-electron chi connectivity index (χ0n) is 15.2. The fraction of sp³-hybridized carbons (Fsp3) is 0.500. The minimum atomic E-state index is -0.782. The van der Waals surface area contributed by atoms with Crippen molar-refractivity contribution in [2.75, 3.05) is 26.2 Å². The fourth-order valence-corrected chi connectivity index (χ4v) is 4.39. The number of carbonyl (C=O) groups excluding carboxylic acids is 1. The maximum absolute atomic E-state index is 13.9. The van der Waals surface area contributed by atoms with E-state index >= 15 is 0 Å². The van der Waals surface area contributed by atoms with Crippen LogP contribution in [-0.2, 0) is 6.54 Å². The number of halogens is 2. The van der Waals surface area contributed by atoms with Crippen molar-refractivity contribution < 1.29 is 13.6 Å². The normalized spacial score (nSPS) is 21.7. The molecule has 1 amide bonds. The number of carbonyl (C=O) groups is 1. The minimum absolute atomic E-state index is 0.0222. The zero-order chi connectivity index (χ0) is 18.8. The second-order valence-corrected chi connectivity index (χ2v) is 7.59. The number of benzene rings is 1. The summed E-state index contributed by atoms with van der Waals surface area (Å²) in [5, 5.41) is 0. The quantitative estimate of drug-likeness (QED) is 0.895. The van der Waals surface area contributed by atoms with Gasteiger partial charge in [-0.15, -0.1) is 0 Å². The number of nitrogens with zero attached hydrogens (tertiary/aromatic N) is 3. The molecule has 3 heterocycles. The highest BCUT2D eigenvalue weighted by Gasteiger charge is 2.34. The van der Waals surface area contributed by atoms with Crippen molar-refractivity contribution in [3.8, 4) is 0 Å². The maximum atomic E-state index is 13.9. The van der Waals surface area contributed by atoms with Gasteiger partial charge in [0.05, 0.1) is 12.5 Å². The van der Waals surface area contributed by atoms with Crippen LogP contribution in [-0.4, -0.2) is 51.9 Å². The van der Waals surface area contributed by atoms with Crippen molar-refractivity contribution in [1.29, 1.82) is 0 Å². The molecule has 5 nitrogen and oxygen atoms in total. The first-order valence-corrected chi connectivity index (χ1v) is 9.54. The Balaban J connectivity index is 1.28. The summed E-state index contributed by atoms with van der Waals surface area (Å²) in [6.07, 6.45) is 6.20. The summed E-state index contributed by atoms with van der Waals surface area (Å²) in [5.74, 6) is -0.393. The van der Waals surface area contributed by atoms with Gasteiger partial charge in [-0.25, -0.2) is 13.8 Å². The van der Waals surface area contributed by atoms with E-state index in [1.54, 1.807) is 18.3 Å². The molecule has 1 atom stereocenters. The van der Waals surface area contributed by atoms with Gasteiger partial charge in [0.1, 0.15) is 5.69 Å². The van der Waals surface area contributed by atoms with Crippen LogP contribution < -0.4 is 0 Å². The van der Waals surface area contributed by atoms with Crippen LogP contribution in [0.4, 0.5) is 8.78 Å². The van der Waals surface area contributed by atoms with Crippen LogP contribution in [0.5, 0.6) is 0 Å². The van der Waals surface area contributed by atoms with Gasteiger partial charge in [-0.05, 0) is 50.3 Å². The molecule has 2 aliphatic rings. The van der Waals surface area contributed by atoms with Crippen molar-refractivity contribution >= 4 is 5.91 Å². The molecule has 2 fully saturated rings. The van der Waals surface area contributed by atoms with E-state index in [4.69, 9.17) is 0 Å². The molecule has 1 aromatic carbocycles. The Bertz CT molecular complexity index is 787. The number of nitrogens with one attached hydrogen (secondary N) is 1. The van der Waals surface area contributed by atoms with Crippen LogP contribution in [0.2, 0.25) is 0 Å². The van der Waals surface area contributed by atoms with E-state index in [9.17, 15) is 13.6 Å². The van der Waals surface area contributed by atoms with Crippen LogP contribution in [0, 0.1) is 23.5 Å². The van der Waals surface area contributed by atoms with Crippen molar-refractivity contribution in [2.24, 2.45) is 11.8 Å². The lowest BCUT2D eigenvalue weighted by atomic mass is 9.83. The molecular formula is C20H24F2N4O. The zero-order valence-corrected chi connectivity index (χ0v) is 15.2. The van der Waals surface area contributed by atoms with Gasteiger partial charge in [-0.1, -0.05) is 12.1 Å². The summed E-state index contributed by atoms with van der Waals surface area (Å²) in [4.78, 5) is 23.3. The molecule has 27 heavy (non-hydrogen) atoms. The number of aromatic nitrogens is 2. The highest BCUT2D eigenvalue weighted by molar-refractivity contribution is 5.92. The average molecular weight is 374 g/mol. The summed E-state index contributed by atoms with van der Waals surface area (Å²) in [5.41, 5.74) is 0.966. The monoisotopic (exact) mass is 374 g/mol. The third-order valence-electron chi connectivity index (χ3n) is 5.96. The van der Waals surface area contributed by atoms with Gasteiger partial charge in [0.25, 0.3) is 5.91 Å². The van der Waals surface area contributed by atoms with E-state index in [1.807, 2.05) is 4.90 Å². The molecule has 144 valence electrons. The molecule has 2 aromatic rings. The van der Waals surface area contributed by atoms with E-state index in [0.29, 0.717) is 29.6 Å². The second-order valence-electron chi connectivity index (χ2n) is 7.59. The van der Waals surface area contributed by atoms with Crippen molar-refractivity contribution in [1.82, 2.24) is 19.8 Å². The van der Waals surface area contributed by atoms with Crippen LogP contribution in [0.3, 0.4) is 0 Å². The van der Waals surface area contributed by atoms with Gasteiger partial charge in [0.2, 0.25) is 0 Å². The Morgan fingerprint density at radius 3 is 2.67 bits per heavy atom. The highest BCUT2D eigenvalue weighted by Crippen LogP contribution is 2.33. The summed E-state index contributed by atoms with van der Waals surface area (Å²) in [6.45, 7) is 3.79. The highest BCUT2D eigenvalue weighted by atomic mass is 19.2. The van der Waals surface area contributed by atoms with Gasteiger partial charge in [-0.2, -0.15) is 0 Å². The molecule has 4 rings (SSSR count). The molecule has 0 radical (unpaired) electrons. The Hall–Kier alpha value is -2.28. The first-order chi connectivity index (χ1) is 13.1. The van der Waals surface area contributed by atoms with Gasteiger partial charge >= 0.3 is 0 Å². The number of piperidine rings is 1. The Morgan fingerprint density at radius 1 is 1.15 bits per heavy atom. The lowest BCUT2D eigenvalue weighted by Crippen LogP contribution is -2.37. The summed E-state index contributed by atoms with van der Waals surface area (Å²) in [6, 6.07) is 4.37. The number of amides is 1. The standard InChI is InChI=1S/C20H24F2N4O/c21-17-3-1-2-16(19(17)22)11-25-7-4-14(5-8-25)15-6-9-26(12-15)20(27)18-10-23-13-24-18/h1-3,10,13-15H,4-9,11-12H2,(H,23,24)/t15-/m0/s1. The molecular weight excluding hydrogens is 350 g/mol. The van der Waals surface area contributed by atoms with E-state index < -0.39 is 11.6 Å². The molecule has 7 heteroatoms. The van der Waals surface area contributed by atoms with Gasteiger partial charge in [0, 0.05) is 25.2 Å². The van der Waals surface area contributed by atoms with Crippen molar-refractivity contribution in [3.63, 3.8) is 0 Å². The fourth-order valence-electron chi connectivity index (χ4n) is 4.39. The average Bonchev–Trinajstić information content (AvgIpc) is 3.38. The number of hydrogen-bond acceptors (Lipinski definition) is 3. The topological polar surface area (TPSA) is 52.2 Å². The summed E-state index contributed by atoms with van der Waals surface area (Å²) >= 11 is 0. The number of aromatic amines is 1. The molecule has 0 unspecified atom stereocenters. The molecule has 0 saturated carbocycles. The minimum Gasteiger partial charge on any atom is -0.341 e. The molecule has 1 N–H and O–H groups in total. The molecule has 0 bridgehead atoms. The third-order valence-corrected chi connectivity index (χ3v) is 5.96. The molecule has 1 aromatic heterocycles. The first kappa shape index (κ1) is 18.1. The van der Waals surface area contributed by atoms with Crippen LogP contribution >= 0.6 is 0 Å². The summed E-state index contributed by atoms with van der Waals surface area (Å²) < 4.78 is 27.2. The van der Waals surface area contributed by atoms with E-state index in [0.717, 1.165) is 51.5 Å². The van der Waals surface area contributed by atoms with Gasteiger partial charge in [-0.3, -0.25) is 9.69 Å². The number of likely N-dealkylation sites (tertiary alicyclic amines) is 2. The predicted octanol–water partition coefficient (Wildman–Crippen LogP) is 3.06. The Kier molecular flexibility index (Phi) is 5.20. The van der Waals surface area contributed by atoms with Gasteiger partial charge < -0.3 is 9.88 Å². The first-order valence-electron chi connectivity index (χ1n) is 9.54. The Labute approximate surface area is 157 Å². The molecule has 0 spiro atoms. The summed E-state index contributed by atoms with van der Waals surface area (Å²) in [7, 11) is 0. The predicted molar refractivity (Wildman–Crippen MR) is 97.0 cm³/mol. The van der Waals surface area contributed by atoms with Crippen LogP contribution in [0.25, 0.3) is 0 Å². The SMILES string of the molecule is O=C(c1cnc[nH]1)N1CC[C@H](C2CCN(Cc3cccc(F)c3F)CC2)C1. The van der Waals surface area contributed by atoms with Gasteiger partial charge in [0.15, 0.2) is 11.6 Å². The smallest absolute Gasteiger partial charge is 0.271 e. The van der Waals surface area contributed by atoms with Crippen LogP contribution in [0.15, 0.2) is 30.7 Å². The number of rotatable bonds is 4. The van der Waals surface area contributed by atoms with Crippen LogP contribution in [0.1, 0.15) is 35.3 Å². The number of hydrogen-bond donors (Lipinski definition) is 1.